The lowest BCUT2D eigenvalue weighted by molar-refractivity contribution is 0.167. The summed E-state index contributed by atoms with van der Waals surface area (Å²) >= 11 is 0. The Hall–Kier alpha value is -0.770. The largest absolute Gasteiger partial charge is 0.453 e. The lowest BCUT2D eigenvalue weighted by Gasteiger charge is -2.08. The maximum absolute atomic E-state index is 10.6. The van der Waals surface area contributed by atoms with Crippen LogP contribution in [-0.2, 0) is 4.74 Å². The van der Waals surface area contributed by atoms with Crippen molar-refractivity contribution in [1.82, 2.24) is 10.6 Å². The molecular weight excluding hydrogens is 132 g/mol. The van der Waals surface area contributed by atoms with Crippen LogP contribution >= 0.6 is 0 Å². The summed E-state index contributed by atoms with van der Waals surface area (Å²) in [5.74, 6) is 0. The zero-order valence-corrected chi connectivity index (χ0v) is 6.02. The highest BCUT2D eigenvalue weighted by molar-refractivity contribution is 5.67. The van der Waals surface area contributed by atoms with E-state index in [1.165, 1.54) is 7.11 Å². The zero-order chi connectivity index (χ0) is 7.40. The maximum Gasteiger partial charge on any atom is 0.407 e. The van der Waals surface area contributed by atoms with Gasteiger partial charge in [0.15, 0.2) is 0 Å². The van der Waals surface area contributed by atoms with Crippen molar-refractivity contribution in [2.75, 3.05) is 20.2 Å². The van der Waals surface area contributed by atoms with Gasteiger partial charge in [-0.3, -0.25) is 0 Å². The Morgan fingerprint density at radius 2 is 2.60 bits per heavy atom. The van der Waals surface area contributed by atoms with E-state index in [2.05, 4.69) is 15.4 Å². The van der Waals surface area contributed by atoms with Crippen molar-refractivity contribution in [3.63, 3.8) is 0 Å². The van der Waals surface area contributed by atoms with Crippen molar-refractivity contribution in [2.24, 2.45) is 0 Å². The SMILES string of the molecule is COC(=O)N[C@H]1CCNC1. The molecule has 4 heteroatoms. The third-order valence-corrected chi connectivity index (χ3v) is 1.57. The van der Waals surface area contributed by atoms with E-state index < -0.39 is 0 Å². The molecule has 10 heavy (non-hydrogen) atoms. The number of carbonyl (C=O) groups is 1. The first-order valence-corrected chi connectivity index (χ1v) is 3.38. The van der Waals surface area contributed by atoms with E-state index in [0.717, 1.165) is 19.5 Å². The molecule has 0 aromatic carbocycles. The summed E-state index contributed by atoms with van der Waals surface area (Å²) in [6.07, 6.45) is 0.656. The molecule has 58 valence electrons. The number of amides is 1. The van der Waals surface area contributed by atoms with Gasteiger partial charge in [-0.15, -0.1) is 0 Å². The third-order valence-electron chi connectivity index (χ3n) is 1.57. The molecule has 0 aromatic heterocycles. The Labute approximate surface area is 59.9 Å². The van der Waals surface area contributed by atoms with Crippen LogP contribution in [0, 0.1) is 0 Å². The molecule has 1 fully saturated rings. The molecule has 0 bridgehead atoms. The van der Waals surface area contributed by atoms with E-state index in [-0.39, 0.29) is 12.1 Å². The lowest BCUT2D eigenvalue weighted by Crippen LogP contribution is -2.35. The molecule has 4 nitrogen and oxygen atoms in total. The second kappa shape index (κ2) is 3.41. The summed E-state index contributed by atoms with van der Waals surface area (Å²) in [6, 6.07) is 0.257. The molecule has 0 spiro atoms. The van der Waals surface area contributed by atoms with Crippen LogP contribution in [0.15, 0.2) is 0 Å². The van der Waals surface area contributed by atoms with Gasteiger partial charge in [0, 0.05) is 12.6 Å². The van der Waals surface area contributed by atoms with Crippen LogP contribution in [0.5, 0.6) is 0 Å². The molecule has 1 heterocycles. The molecule has 1 amide bonds. The Bertz CT molecular complexity index is 121. The summed E-state index contributed by atoms with van der Waals surface area (Å²) < 4.78 is 4.43. The van der Waals surface area contributed by atoms with Crippen molar-refractivity contribution in [2.45, 2.75) is 12.5 Å². The number of hydrogen-bond acceptors (Lipinski definition) is 3. The standard InChI is InChI=1S/C6H12N2O2/c1-10-6(9)8-5-2-3-7-4-5/h5,7H,2-4H2,1H3,(H,8,9)/t5-/m0/s1. The second-order valence-corrected chi connectivity index (χ2v) is 2.33. The molecule has 1 atom stereocenters. The third kappa shape index (κ3) is 1.88. The molecule has 0 aromatic rings. The number of nitrogens with one attached hydrogen (secondary N) is 2. The summed E-state index contributed by atoms with van der Waals surface area (Å²) in [5, 5.41) is 5.84. The van der Waals surface area contributed by atoms with E-state index in [9.17, 15) is 4.79 Å². The van der Waals surface area contributed by atoms with E-state index in [0.29, 0.717) is 0 Å². The van der Waals surface area contributed by atoms with Crippen molar-refractivity contribution in [1.29, 1.82) is 0 Å². The Kier molecular flexibility index (Phi) is 2.50. The topological polar surface area (TPSA) is 50.4 Å². The Morgan fingerprint density at radius 1 is 1.80 bits per heavy atom. The molecule has 2 N–H and O–H groups in total. The molecular formula is C6H12N2O2. The van der Waals surface area contributed by atoms with Gasteiger partial charge in [0.25, 0.3) is 0 Å². The van der Waals surface area contributed by atoms with Gasteiger partial charge in [0.1, 0.15) is 0 Å². The van der Waals surface area contributed by atoms with E-state index >= 15 is 0 Å². The fourth-order valence-corrected chi connectivity index (χ4v) is 1.00. The normalized spacial score (nSPS) is 24.3. The number of carbonyl (C=O) groups excluding carboxylic acids is 1. The summed E-state index contributed by atoms with van der Waals surface area (Å²) in [4.78, 5) is 10.6. The molecule has 1 aliphatic heterocycles. The van der Waals surface area contributed by atoms with Gasteiger partial charge in [-0.1, -0.05) is 0 Å². The molecule has 0 aliphatic carbocycles. The minimum Gasteiger partial charge on any atom is -0.453 e. The average Bonchev–Trinajstić information content (AvgIpc) is 2.40. The van der Waals surface area contributed by atoms with Crippen LogP contribution in [0.25, 0.3) is 0 Å². The highest BCUT2D eigenvalue weighted by Gasteiger charge is 2.15. The van der Waals surface area contributed by atoms with E-state index in [4.69, 9.17) is 0 Å². The predicted octanol–water partition coefficient (Wildman–Crippen LogP) is -0.296. The van der Waals surface area contributed by atoms with Crippen LogP contribution in [0.1, 0.15) is 6.42 Å². The Morgan fingerprint density at radius 3 is 3.10 bits per heavy atom. The number of ether oxygens (including phenoxy) is 1. The van der Waals surface area contributed by atoms with Gasteiger partial charge < -0.3 is 15.4 Å². The smallest absolute Gasteiger partial charge is 0.407 e. The van der Waals surface area contributed by atoms with Crippen LogP contribution in [-0.4, -0.2) is 32.3 Å². The van der Waals surface area contributed by atoms with Crippen LogP contribution in [0.4, 0.5) is 4.79 Å². The number of hydrogen-bond donors (Lipinski definition) is 2. The molecule has 1 saturated heterocycles. The molecule has 0 unspecified atom stereocenters. The van der Waals surface area contributed by atoms with E-state index in [1.54, 1.807) is 0 Å². The van der Waals surface area contributed by atoms with Gasteiger partial charge in [-0.25, -0.2) is 4.79 Å². The average molecular weight is 144 g/mol. The van der Waals surface area contributed by atoms with Gasteiger partial charge in [0.05, 0.1) is 7.11 Å². The summed E-state index contributed by atoms with van der Waals surface area (Å²) in [7, 11) is 1.37. The van der Waals surface area contributed by atoms with Crippen molar-refractivity contribution in [3.8, 4) is 0 Å². The van der Waals surface area contributed by atoms with Crippen molar-refractivity contribution < 1.29 is 9.53 Å². The molecule has 0 saturated carbocycles. The minimum atomic E-state index is -0.339. The van der Waals surface area contributed by atoms with Gasteiger partial charge in [0.2, 0.25) is 0 Å². The van der Waals surface area contributed by atoms with Crippen LogP contribution in [0.2, 0.25) is 0 Å². The fourth-order valence-electron chi connectivity index (χ4n) is 1.00. The molecule has 0 radical (unpaired) electrons. The van der Waals surface area contributed by atoms with E-state index in [1.807, 2.05) is 0 Å². The second-order valence-electron chi connectivity index (χ2n) is 2.33. The first-order chi connectivity index (χ1) is 4.83. The first-order valence-electron chi connectivity index (χ1n) is 3.38. The lowest BCUT2D eigenvalue weighted by atomic mass is 10.3. The highest BCUT2D eigenvalue weighted by Crippen LogP contribution is 1.96. The minimum absolute atomic E-state index is 0.257. The van der Waals surface area contributed by atoms with Gasteiger partial charge in [-0.05, 0) is 13.0 Å². The van der Waals surface area contributed by atoms with Gasteiger partial charge >= 0.3 is 6.09 Å². The Balaban J connectivity index is 2.17. The highest BCUT2D eigenvalue weighted by atomic mass is 16.5. The number of methoxy groups -OCH3 is 1. The fraction of sp³-hybridized carbons (Fsp3) is 0.833. The maximum atomic E-state index is 10.6. The summed E-state index contributed by atoms with van der Waals surface area (Å²) in [5.41, 5.74) is 0. The molecule has 1 rings (SSSR count). The molecule has 1 aliphatic rings. The van der Waals surface area contributed by atoms with Crippen LogP contribution < -0.4 is 10.6 Å². The van der Waals surface area contributed by atoms with Crippen molar-refractivity contribution >= 4 is 6.09 Å². The van der Waals surface area contributed by atoms with Gasteiger partial charge in [-0.2, -0.15) is 0 Å². The predicted molar refractivity (Wildman–Crippen MR) is 36.8 cm³/mol. The number of alkyl carbamates (subject to hydrolysis) is 1. The van der Waals surface area contributed by atoms with Crippen LogP contribution in [0.3, 0.4) is 0 Å². The zero-order valence-electron chi connectivity index (χ0n) is 6.02. The first kappa shape index (κ1) is 7.34. The monoisotopic (exact) mass is 144 g/mol. The quantitative estimate of drug-likeness (QED) is 0.531. The number of rotatable bonds is 1. The summed E-state index contributed by atoms with van der Waals surface area (Å²) in [6.45, 7) is 1.84. The van der Waals surface area contributed by atoms with Crippen molar-refractivity contribution in [3.05, 3.63) is 0 Å².